The van der Waals surface area contributed by atoms with Gasteiger partial charge in [0.25, 0.3) is 0 Å². The van der Waals surface area contributed by atoms with Crippen LogP contribution in [0.5, 0.6) is 0 Å². The number of hydrogen-bond acceptors (Lipinski definition) is 2. The average molecular weight is 650 g/mol. The molecule has 1 rings (SSSR count). The van der Waals surface area contributed by atoms with Gasteiger partial charge in [-0.15, -0.1) is 0 Å². The van der Waals surface area contributed by atoms with Crippen molar-refractivity contribution in [2.45, 2.75) is 86.8 Å². The van der Waals surface area contributed by atoms with Gasteiger partial charge < -0.3 is 4.74 Å². The van der Waals surface area contributed by atoms with Crippen molar-refractivity contribution in [3.63, 3.8) is 0 Å². The molecule has 2 nitrogen and oxygen atoms in total. The van der Waals surface area contributed by atoms with Crippen molar-refractivity contribution in [1.29, 1.82) is 0 Å². The standard InChI is InChI=1S/C23H19F17O2/c1-2-3-4-5-15(41)42-12-14-8-6-13(7-9-14)10-11-16(24,25)17(26,27)18(28,29)19(30,31)20(32,33)21(34,35)22(36,37)23(38,39)40/h4-9H,2-3,10-12H2,1H3/b5-4+. The van der Waals surface area contributed by atoms with E-state index in [1.165, 1.54) is 6.08 Å². The maximum Gasteiger partial charge on any atom is 0.460 e. The van der Waals surface area contributed by atoms with Gasteiger partial charge in [0.2, 0.25) is 0 Å². The largest absolute Gasteiger partial charge is 0.460 e. The van der Waals surface area contributed by atoms with Crippen LogP contribution < -0.4 is 0 Å². The fourth-order valence-electron chi connectivity index (χ4n) is 3.01. The van der Waals surface area contributed by atoms with Crippen molar-refractivity contribution < 1.29 is 84.2 Å². The second-order valence-corrected chi connectivity index (χ2v) is 8.76. The Bertz CT molecular complexity index is 1090. The van der Waals surface area contributed by atoms with Crippen LogP contribution in [-0.2, 0) is 22.6 Å². The Kier molecular flexibility index (Phi) is 10.7. The lowest BCUT2D eigenvalue weighted by atomic mass is 9.87. The quantitative estimate of drug-likeness (QED) is 0.114. The van der Waals surface area contributed by atoms with Gasteiger partial charge in [0.15, 0.2) is 0 Å². The first kappa shape index (κ1) is 37.3. The van der Waals surface area contributed by atoms with E-state index in [1.54, 1.807) is 0 Å². The molecule has 0 radical (unpaired) electrons. The zero-order valence-corrected chi connectivity index (χ0v) is 20.7. The van der Waals surface area contributed by atoms with Crippen LogP contribution in [0.25, 0.3) is 0 Å². The van der Waals surface area contributed by atoms with Gasteiger partial charge in [0, 0.05) is 12.5 Å². The summed E-state index contributed by atoms with van der Waals surface area (Å²) in [4.78, 5) is 11.5. The third-order valence-electron chi connectivity index (χ3n) is 5.63. The predicted molar refractivity (Wildman–Crippen MR) is 109 cm³/mol. The molecule has 0 aliphatic rings. The molecule has 0 N–H and O–H groups in total. The Morgan fingerprint density at radius 2 is 1.05 bits per heavy atom. The van der Waals surface area contributed by atoms with E-state index in [9.17, 15) is 79.4 Å². The number of halogens is 17. The highest BCUT2D eigenvalue weighted by atomic mass is 19.4. The molecular weight excluding hydrogens is 631 g/mol. The average Bonchev–Trinajstić information content (AvgIpc) is 2.85. The highest BCUT2D eigenvalue weighted by Gasteiger charge is 2.95. The fraction of sp³-hybridized carbons (Fsp3) is 0.609. The van der Waals surface area contributed by atoms with Gasteiger partial charge in [-0.05, 0) is 24.0 Å². The highest BCUT2D eigenvalue weighted by Crippen LogP contribution is 2.64. The monoisotopic (exact) mass is 650 g/mol. The van der Waals surface area contributed by atoms with E-state index in [4.69, 9.17) is 4.74 Å². The van der Waals surface area contributed by atoms with Crippen LogP contribution in [0.4, 0.5) is 74.6 Å². The fourth-order valence-corrected chi connectivity index (χ4v) is 3.01. The molecule has 19 heteroatoms. The summed E-state index contributed by atoms with van der Waals surface area (Å²) in [6.45, 7) is 1.43. The van der Waals surface area contributed by atoms with E-state index in [2.05, 4.69) is 0 Å². The summed E-state index contributed by atoms with van der Waals surface area (Å²) in [5.74, 6) is -57.2. The predicted octanol–water partition coefficient (Wildman–Crippen LogP) is 9.03. The highest BCUT2D eigenvalue weighted by molar-refractivity contribution is 5.81. The summed E-state index contributed by atoms with van der Waals surface area (Å²) < 4.78 is 231. The number of ether oxygens (including phenoxy) is 1. The Morgan fingerprint density at radius 1 is 0.643 bits per heavy atom. The zero-order valence-electron chi connectivity index (χ0n) is 20.7. The molecular formula is C23H19F17O2. The molecule has 0 aliphatic heterocycles. The maximum atomic E-state index is 14.0. The van der Waals surface area contributed by atoms with E-state index in [-0.39, 0.29) is 5.56 Å². The van der Waals surface area contributed by atoms with Crippen molar-refractivity contribution in [2.75, 3.05) is 0 Å². The maximum absolute atomic E-state index is 14.0. The molecule has 0 saturated heterocycles. The first-order valence-corrected chi connectivity index (χ1v) is 11.3. The number of aryl methyl sites for hydroxylation is 1. The number of rotatable bonds is 14. The molecule has 0 atom stereocenters. The van der Waals surface area contributed by atoms with E-state index in [1.807, 2.05) is 6.92 Å². The topological polar surface area (TPSA) is 26.3 Å². The first-order valence-electron chi connectivity index (χ1n) is 11.3. The molecule has 1 aromatic rings. The molecule has 42 heavy (non-hydrogen) atoms. The van der Waals surface area contributed by atoms with Crippen LogP contribution in [0.3, 0.4) is 0 Å². The number of carbonyl (C=O) groups excluding carboxylic acids is 1. The van der Waals surface area contributed by atoms with Crippen LogP contribution in [-0.4, -0.2) is 53.6 Å². The van der Waals surface area contributed by atoms with Gasteiger partial charge in [-0.1, -0.05) is 43.7 Å². The van der Waals surface area contributed by atoms with E-state index >= 15 is 0 Å². The van der Waals surface area contributed by atoms with Crippen LogP contribution in [0.15, 0.2) is 36.4 Å². The third-order valence-corrected chi connectivity index (χ3v) is 5.63. The molecule has 0 amide bonds. The van der Waals surface area contributed by atoms with Crippen LogP contribution in [0.2, 0.25) is 0 Å². The van der Waals surface area contributed by atoms with E-state index < -0.39 is 78.6 Å². The number of benzene rings is 1. The van der Waals surface area contributed by atoms with Gasteiger partial charge in [-0.2, -0.15) is 74.6 Å². The van der Waals surface area contributed by atoms with Crippen LogP contribution in [0.1, 0.15) is 37.3 Å². The van der Waals surface area contributed by atoms with Gasteiger partial charge >= 0.3 is 53.6 Å². The number of allylic oxidation sites excluding steroid dienone is 1. The summed E-state index contributed by atoms with van der Waals surface area (Å²) in [5, 5.41) is 0. The second kappa shape index (κ2) is 12.1. The lowest BCUT2D eigenvalue weighted by molar-refractivity contribution is -0.461. The van der Waals surface area contributed by atoms with Crippen molar-refractivity contribution in [3.05, 3.63) is 47.5 Å². The molecule has 1 aromatic carbocycles. The summed E-state index contributed by atoms with van der Waals surface area (Å²) in [5.41, 5.74) is -0.224. The molecule has 0 unspecified atom stereocenters. The van der Waals surface area contributed by atoms with Gasteiger partial charge in [0.05, 0.1) is 0 Å². The summed E-state index contributed by atoms with van der Waals surface area (Å²) in [7, 11) is 0. The lowest BCUT2D eigenvalue weighted by Crippen LogP contribution is -2.74. The molecule has 0 spiro atoms. The number of hydrogen-bond donors (Lipinski definition) is 0. The van der Waals surface area contributed by atoms with Gasteiger partial charge in [-0.3, -0.25) is 0 Å². The zero-order chi connectivity index (χ0) is 33.2. The molecule has 0 aromatic heterocycles. The van der Waals surface area contributed by atoms with Crippen molar-refractivity contribution in [1.82, 2.24) is 0 Å². The molecule has 0 fully saturated rings. The van der Waals surface area contributed by atoms with E-state index in [0.717, 1.165) is 36.8 Å². The summed E-state index contributed by atoms with van der Waals surface area (Å²) in [6, 6.07) is 3.87. The third kappa shape index (κ3) is 6.58. The van der Waals surface area contributed by atoms with Gasteiger partial charge in [-0.25, -0.2) is 4.79 Å². The Balaban J connectivity index is 3.17. The minimum atomic E-state index is -8.65. The number of esters is 1. The second-order valence-electron chi connectivity index (χ2n) is 8.76. The molecule has 242 valence electrons. The molecule has 0 saturated carbocycles. The van der Waals surface area contributed by atoms with Crippen molar-refractivity contribution in [3.8, 4) is 0 Å². The lowest BCUT2D eigenvalue weighted by Gasteiger charge is -2.42. The molecule has 0 heterocycles. The minimum Gasteiger partial charge on any atom is -0.458 e. The minimum absolute atomic E-state index is 0.179. The number of carbonyl (C=O) groups is 1. The number of alkyl halides is 17. The van der Waals surface area contributed by atoms with Crippen LogP contribution >= 0.6 is 0 Å². The summed E-state index contributed by atoms with van der Waals surface area (Å²) >= 11 is 0. The Hall–Kier alpha value is -2.76. The Morgan fingerprint density at radius 3 is 1.48 bits per heavy atom. The van der Waals surface area contributed by atoms with Crippen LogP contribution in [0, 0.1) is 0 Å². The van der Waals surface area contributed by atoms with Crippen molar-refractivity contribution in [2.24, 2.45) is 0 Å². The smallest absolute Gasteiger partial charge is 0.458 e. The number of unbranched alkanes of at least 4 members (excludes halogenated alkanes) is 1. The van der Waals surface area contributed by atoms with Crippen molar-refractivity contribution >= 4 is 5.97 Å². The molecule has 0 bridgehead atoms. The Labute approximate surface area is 225 Å². The molecule has 0 aliphatic carbocycles. The normalized spacial score (nSPS) is 14.9. The summed E-state index contributed by atoms with van der Waals surface area (Å²) in [6.07, 6.45) is -7.87. The van der Waals surface area contributed by atoms with Gasteiger partial charge in [0.1, 0.15) is 6.61 Å². The first-order chi connectivity index (χ1) is 18.7. The SMILES string of the molecule is CCC/C=C/C(=O)OCc1ccc(CCC(F)(F)C(F)(F)C(F)(F)C(F)(F)C(F)(F)C(F)(F)C(F)(F)C(F)(F)F)cc1. The van der Waals surface area contributed by atoms with E-state index in [0.29, 0.717) is 6.42 Å².